The smallest absolute Gasteiger partial charge is 0.230 e. The highest BCUT2D eigenvalue weighted by Gasteiger charge is 2.08. The van der Waals surface area contributed by atoms with E-state index < -0.39 is 0 Å². The first-order valence-corrected chi connectivity index (χ1v) is 4.90. The first kappa shape index (κ1) is 10.2. The van der Waals surface area contributed by atoms with Crippen molar-refractivity contribution in [3.63, 3.8) is 0 Å². The topological polar surface area (TPSA) is 50.8 Å². The van der Waals surface area contributed by atoms with Gasteiger partial charge in [-0.15, -0.1) is 0 Å². The molecule has 0 radical (unpaired) electrons. The molecule has 0 spiro atoms. The van der Waals surface area contributed by atoms with E-state index in [0.29, 0.717) is 18.1 Å². The molecule has 80 valence electrons. The molecule has 2 rings (SSSR count). The normalized spacial score (nSPS) is 9.75. The summed E-state index contributed by atoms with van der Waals surface area (Å²) >= 11 is 0. The zero-order chi connectivity index (χ0) is 11.4. The third kappa shape index (κ3) is 2.04. The highest BCUT2D eigenvalue weighted by molar-refractivity contribution is 5.36. The number of nitriles is 1. The van der Waals surface area contributed by atoms with Crippen LogP contribution in [-0.4, -0.2) is 9.78 Å². The molecule has 0 saturated heterocycles. The van der Waals surface area contributed by atoms with Gasteiger partial charge in [0.25, 0.3) is 0 Å². The molecule has 1 aromatic carbocycles. The Bertz CT molecular complexity index is 511. The standard InChI is InChI=1S/C12H11N3O/c1-15-12(11(7-13)8-14-15)16-9-10-5-3-2-4-6-10/h2-6,8H,9H2,1H3. The summed E-state index contributed by atoms with van der Waals surface area (Å²) in [5.74, 6) is 0.506. The van der Waals surface area contributed by atoms with Crippen LogP contribution in [0.4, 0.5) is 0 Å². The van der Waals surface area contributed by atoms with E-state index in [0.717, 1.165) is 5.56 Å². The minimum absolute atomic E-state index is 0.440. The quantitative estimate of drug-likeness (QED) is 0.782. The molecule has 0 saturated carbocycles. The molecule has 0 unspecified atom stereocenters. The number of nitrogens with zero attached hydrogens (tertiary/aromatic N) is 3. The second-order valence-corrected chi connectivity index (χ2v) is 3.37. The second kappa shape index (κ2) is 4.49. The maximum Gasteiger partial charge on any atom is 0.230 e. The van der Waals surface area contributed by atoms with Gasteiger partial charge < -0.3 is 4.74 Å². The summed E-state index contributed by atoms with van der Waals surface area (Å²) in [5, 5.41) is 12.8. The average Bonchev–Trinajstić information content (AvgIpc) is 2.69. The van der Waals surface area contributed by atoms with Gasteiger partial charge in [0.05, 0.1) is 6.20 Å². The summed E-state index contributed by atoms with van der Waals surface area (Å²) in [4.78, 5) is 0. The van der Waals surface area contributed by atoms with E-state index in [1.807, 2.05) is 36.4 Å². The van der Waals surface area contributed by atoms with Crippen LogP contribution in [0.5, 0.6) is 5.88 Å². The van der Waals surface area contributed by atoms with Gasteiger partial charge in [0, 0.05) is 7.05 Å². The van der Waals surface area contributed by atoms with Crippen molar-refractivity contribution in [1.29, 1.82) is 5.26 Å². The Hall–Kier alpha value is -2.28. The first-order valence-electron chi connectivity index (χ1n) is 4.90. The maximum atomic E-state index is 8.85. The number of ether oxygens (including phenoxy) is 1. The Balaban J connectivity index is 2.11. The molecule has 0 aliphatic heterocycles. The fraction of sp³-hybridized carbons (Fsp3) is 0.167. The van der Waals surface area contributed by atoms with Crippen molar-refractivity contribution in [2.75, 3.05) is 0 Å². The lowest BCUT2D eigenvalue weighted by atomic mass is 10.2. The van der Waals surface area contributed by atoms with Crippen LogP contribution < -0.4 is 4.74 Å². The van der Waals surface area contributed by atoms with Gasteiger partial charge in [-0.3, -0.25) is 0 Å². The van der Waals surface area contributed by atoms with Gasteiger partial charge in [-0.25, -0.2) is 4.68 Å². The van der Waals surface area contributed by atoms with Crippen molar-refractivity contribution in [2.45, 2.75) is 6.61 Å². The lowest BCUT2D eigenvalue weighted by Gasteiger charge is -2.06. The van der Waals surface area contributed by atoms with Crippen LogP contribution in [0.2, 0.25) is 0 Å². The Morgan fingerprint density at radius 3 is 2.81 bits per heavy atom. The maximum absolute atomic E-state index is 8.85. The van der Waals surface area contributed by atoms with Crippen LogP contribution in [0.1, 0.15) is 11.1 Å². The van der Waals surface area contributed by atoms with Gasteiger partial charge in [0.15, 0.2) is 0 Å². The largest absolute Gasteiger partial charge is 0.472 e. The summed E-state index contributed by atoms with van der Waals surface area (Å²) in [6, 6.07) is 11.8. The van der Waals surface area contributed by atoms with Crippen molar-refractivity contribution in [3.05, 3.63) is 47.7 Å². The molecular formula is C12H11N3O. The molecule has 0 aliphatic carbocycles. The van der Waals surface area contributed by atoms with Gasteiger partial charge in [0.1, 0.15) is 18.2 Å². The molecule has 4 heteroatoms. The zero-order valence-electron chi connectivity index (χ0n) is 8.92. The molecule has 0 N–H and O–H groups in total. The Morgan fingerprint density at radius 1 is 1.38 bits per heavy atom. The monoisotopic (exact) mass is 213 g/mol. The van der Waals surface area contributed by atoms with Crippen molar-refractivity contribution < 1.29 is 4.74 Å². The Kier molecular flexibility index (Phi) is 2.88. The third-order valence-electron chi connectivity index (χ3n) is 2.22. The van der Waals surface area contributed by atoms with Gasteiger partial charge in [0.2, 0.25) is 5.88 Å². The SMILES string of the molecule is Cn1ncc(C#N)c1OCc1ccccc1. The van der Waals surface area contributed by atoms with Gasteiger partial charge in [-0.1, -0.05) is 30.3 Å². The molecule has 4 nitrogen and oxygen atoms in total. The van der Waals surface area contributed by atoms with Crippen molar-refractivity contribution >= 4 is 0 Å². The highest BCUT2D eigenvalue weighted by atomic mass is 16.5. The summed E-state index contributed by atoms with van der Waals surface area (Å²) < 4.78 is 7.12. The number of aromatic nitrogens is 2. The lowest BCUT2D eigenvalue weighted by molar-refractivity contribution is 0.278. The van der Waals surface area contributed by atoms with Crippen molar-refractivity contribution in [3.8, 4) is 11.9 Å². The van der Waals surface area contributed by atoms with E-state index in [-0.39, 0.29) is 0 Å². The zero-order valence-corrected chi connectivity index (χ0v) is 8.92. The van der Waals surface area contributed by atoms with Crippen molar-refractivity contribution in [1.82, 2.24) is 9.78 Å². The molecule has 0 aliphatic rings. The van der Waals surface area contributed by atoms with E-state index >= 15 is 0 Å². The van der Waals surface area contributed by atoms with E-state index in [1.54, 1.807) is 11.7 Å². The van der Waals surface area contributed by atoms with Gasteiger partial charge in [-0.05, 0) is 5.56 Å². The number of rotatable bonds is 3. The molecular weight excluding hydrogens is 202 g/mol. The first-order chi connectivity index (χ1) is 7.81. The molecule has 1 heterocycles. The lowest BCUT2D eigenvalue weighted by Crippen LogP contribution is -2.01. The molecule has 0 amide bonds. The average molecular weight is 213 g/mol. The summed E-state index contributed by atoms with van der Waals surface area (Å²) in [6.07, 6.45) is 1.50. The summed E-state index contributed by atoms with van der Waals surface area (Å²) in [7, 11) is 1.75. The molecule has 0 atom stereocenters. The Morgan fingerprint density at radius 2 is 2.12 bits per heavy atom. The van der Waals surface area contributed by atoms with Crippen LogP contribution >= 0.6 is 0 Å². The predicted octanol–water partition coefficient (Wildman–Crippen LogP) is 1.87. The number of aryl methyl sites for hydroxylation is 1. The Labute approximate surface area is 93.7 Å². The minimum Gasteiger partial charge on any atom is -0.472 e. The fourth-order valence-corrected chi connectivity index (χ4v) is 1.40. The van der Waals surface area contributed by atoms with E-state index in [9.17, 15) is 0 Å². The number of hydrogen-bond acceptors (Lipinski definition) is 3. The van der Waals surface area contributed by atoms with E-state index in [1.165, 1.54) is 6.20 Å². The van der Waals surface area contributed by atoms with Crippen molar-refractivity contribution in [2.24, 2.45) is 7.05 Å². The fourth-order valence-electron chi connectivity index (χ4n) is 1.40. The third-order valence-corrected chi connectivity index (χ3v) is 2.22. The minimum atomic E-state index is 0.440. The van der Waals surface area contributed by atoms with E-state index in [4.69, 9.17) is 10.00 Å². The highest BCUT2D eigenvalue weighted by Crippen LogP contribution is 2.17. The molecule has 2 aromatic rings. The number of benzene rings is 1. The van der Waals surface area contributed by atoms with E-state index in [2.05, 4.69) is 5.10 Å². The van der Waals surface area contributed by atoms with Gasteiger partial charge in [-0.2, -0.15) is 10.4 Å². The molecule has 0 fully saturated rings. The molecule has 16 heavy (non-hydrogen) atoms. The van der Waals surface area contributed by atoms with Crippen LogP contribution in [-0.2, 0) is 13.7 Å². The number of hydrogen-bond donors (Lipinski definition) is 0. The van der Waals surface area contributed by atoms with Gasteiger partial charge >= 0.3 is 0 Å². The summed E-state index contributed by atoms with van der Waals surface area (Å²) in [6.45, 7) is 0.440. The predicted molar refractivity (Wildman–Crippen MR) is 58.7 cm³/mol. The second-order valence-electron chi connectivity index (χ2n) is 3.37. The van der Waals surface area contributed by atoms with Crippen LogP contribution in [0.15, 0.2) is 36.5 Å². The van der Waals surface area contributed by atoms with Crippen LogP contribution in [0.25, 0.3) is 0 Å². The van der Waals surface area contributed by atoms with Crippen LogP contribution in [0, 0.1) is 11.3 Å². The van der Waals surface area contributed by atoms with Crippen LogP contribution in [0.3, 0.4) is 0 Å². The molecule has 1 aromatic heterocycles. The molecule has 0 bridgehead atoms. The summed E-state index contributed by atoms with van der Waals surface area (Å²) in [5.41, 5.74) is 1.52.